The fourth-order valence-corrected chi connectivity index (χ4v) is 2.27. The molecule has 0 saturated heterocycles. The Kier molecular flexibility index (Phi) is 3.09. The second kappa shape index (κ2) is 4.42. The topological polar surface area (TPSA) is 36.7 Å². The van der Waals surface area contributed by atoms with Gasteiger partial charge in [0, 0.05) is 0 Å². The lowest BCUT2D eigenvalue weighted by atomic mass is 10.1. The third-order valence-corrected chi connectivity index (χ3v) is 3.28. The van der Waals surface area contributed by atoms with E-state index in [2.05, 4.69) is 4.98 Å². The highest BCUT2D eigenvalue weighted by molar-refractivity contribution is 7.13. The number of aromatic nitrogens is 1. The third-order valence-electron chi connectivity index (χ3n) is 2.39. The van der Waals surface area contributed by atoms with Crippen molar-refractivity contribution in [3.05, 3.63) is 40.4 Å². The van der Waals surface area contributed by atoms with E-state index in [1.54, 1.807) is 23.6 Å². The first-order valence-electron chi connectivity index (χ1n) is 4.96. The Morgan fingerprint density at radius 3 is 2.61 bits per heavy atom. The van der Waals surface area contributed by atoms with Crippen molar-refractivity contribution in [1.29, 1.82) is 5.26 Å². The molecule has 0 atom stereocenters. The number of thiophene rings is 1. The van der Waals surface area contributed by atoms with Crippen LogP contribution in [-0.2, 0) is 6.18 Å². The van der Waals surface area contributed by atoms with Crippen LogP contribution in [0.5, 0.6) is 0 Å². The predicted molar refractivity (Wildman–Crippen MR) is 62.0 cm³/mol. The van der Waals surface area contributed by atoms with Gasteiger partial charge in [-0.1, -0.05) is 6.07 Å². The molecule has 18 heavy (non-hydrogen) atoms. The molecule has 0 unspecified atom stereocenters. The predicted octanol–water partition coefficient (Wildman–Crippen LogP) is 4.01. The highest BCUT2D eigenvalue weighted by Gasteiger charge is 2.35. The van der Waals surface area contributed by atoms with Crippen LogP contribution in [-0.4, -0.2) is 4.98 Å². The Labute approximate surface area is 105 Å². The van der Waals surface area contributed by atoms with Crippen molar-refractivity contribution < 1.29 is 13.2 Å². The summed E-state index contributed by atoms with van der Waals surface area (Å²) in [4.78, 5) is 4.69. The fraction of sp³-hybridized carbons (Fsp3) is 0.167. The lowest BCUT2D eigenvalue weighted by Crippen LogP contribution is -2.10. The van der Waals surface area contributed by atoms with Crippen LogP contribution in [0.15, 0.2) is 23.6 Å². The lowest BCUT2D eigenvalue weighted by molar-refractivity contribution is -0.137. The molecule has 2 aromatic rings. The van der Waals surface area contributed by atoms with E-state index in [1.165, 1.54) is 18.3 Å². The quantitative estimate of drug-likeness (QED) is 0.783. The first-order valence-corrected chi connectivity index (χ1v) is 5.84. The van der Waals surface area contributed by atoms with E-state index >= 15 is 0 Å². The van der Waals surface area contributed by atoms with Crippen molar-refractivity contribution in [3.63, 3.8) is 0 Å². The van der Waals surface area contributed by atoms with Crippen LogP contribution >= 0.6 is 11.3 Å². The van der Waals surface area contributed by atoms with Crippen LogP contribution in [0, 0.1) is 18.3 Å². The Morgan fingerprint density at radius 2 is 2.11 bits per heavy atom. The third kappa shape index (κ3) is 2.22. The van der Waals surface area contributed by atoms with Gasteiger partial charge >= 0.3 is 6.18 Å². The summed E-state index contributed by atoms with van der Waals surface area (Å²) in [5.74, 6) is 0. The van der Waals surface area contributed by atoms with Crippen molar-refractivity contribution >= 4 is 11.3 Å². The van der Waals surface area contributed by atoms with E-state index in [1.807, 2.05) is 0 Å². The monoisotopic (exact) mass is 268 g/mol. The summed E-state index contributed by atoms with van der Waals surface area (Å²) in [5, 5.41) is 10.6. The number of aryl methyl sites for hydroxylation is 1. The van der Waals surface area contributed by atoms with E-state index in [0.29, 0.717) is 4.88 Å². The highest BCUT2D eigenvalue weighted by Crippen LogP contribution is 2.35. The van der Waals surface area contributed by atoms with E-state index in [4.69, 9.17) is 5.26 Å². The van der Waals surface area contributed by atoms with Gasteiger partial charge in [-0.25, -0.2) is 0 Å². The molecule has 0 saturated carbocycles. The van der Waals surface area contributed by atoms with Crippen LogP contribution in [0.25, 0.3) is 10.6 Å². The molecule has 0 radical (unpaired) electrons. The summed E-state index contributed by atoms with van der Waals surface area (Å²) in [7, 11) is 0. The molecule has 0 spiro atoms. The van der Waals surface area contributed by atoms with Crippen molar-refractivity contribution in [1.82, 2.24) is 4.98 Å². The number of alkyl halides is 3. The summed E-state index contributed by atoms with van der Waals surface area (Å²) in [6.45, 7) is 1.41. The number of rotatable bonds is 1. The van der Waals surface area contributed by atoms with Gasteiger partial charge in [-0.15, -0.1) is 11.3 Å². The molecule has 0 aliphatic carbocycles. The van der Waals surface area contributed by atoms with Crippen LogP contribution < -0.4 is 0 Å². The summed E-state index contributed by atoms with van der Waals surface area (Å²) in [5.41, 5.74) is -1.01. The van der Waals surface area contributed by atoms with Crippen molar-refractivity contribution in [2.75, 3.05) is 0 Å². The maximum Gasteiger partial charge on any atom is 0.417 e. The van der Waals surface area contributed by atoms with Gasteiger partial charge in [-0.2, -0.15) is 18.4 Å². The first-order chi connectivity index (χ1) is 8.43. The number of nitriles is 1. The Morgan fingerprint density at radius 1 is 1.39 bits per heavy atom. The number of hydrogen-bond donors (Lipinski definition) is 0. The highest BCUT2D eigenvalue weighted by atomic mass is 32.1. The molecule has 2 heterocycles. The molecular formula is C12H7F3N2S. The second-order valence-corrected chi connectivity index (χ2v) is 4.55. The number of nitrogens with zero attached hydrogens (tertiary/aromatic N) is 2. The van der Waals surface area contributed by atoms with E-state index in [9.17, 15) is 13.2 Å². The summed E-state index contributed by atoms with van der Waals surface area (Å²) in [6.07, 6.45) is -4.55. The number of hydrogen-bond acceptors (Lipinski definition) is 3. The minimum Gasteiger partial charge on any atom is -0.251 e. The Hall–Kier alpha value is -1.87. The minimum absolute atomic E-state index is 0.0933. The van der Waals surface area contributed by atoms with Gasteiger partial charge in [0.05, 0.1) is 27.4 Å². The minimum atomic E-state index is -4.55. The molecule has 0 N–H and O–H groups in total. The molecule has 0 bridgehead atoms. The molecule has 0 aromatic carbocycles. The molecule has 2 nitrogen and oxygen atoms in total. The van der Waals surface area contributed by atoms with Crippen LogP contribution in [0.3, 0.4) is 0 Å². The smallest absolute Gasteiger partial charge is 0.251 e. The fourth-order valence-electron chi connectivity index (χ4n) is 1.59. The normalized spacial score (nSPS) is 11.3. The number of pyridine rings is 1. The Balaban J connectivity index is 2.69. The van der Waals surface area contributed by atoms with Crippen molar-refractivity contribution in [2.24, 2.45) is 0 Å². The van der Waals surface area contributed by atoms with Gasteiger partial charge in [-0.3, -0.25) is 4.98 Å². The van der Waals surface area contributed by atoms with Gasteiger partial charge in [0.1, 0.15) is 6.07 Å². The van der Waals surface area contributed by atoms with Gasteiger partial charge in [0.2, 0.25) is 0 Å². The average molecular weight is 268 g/mol. The molecule has 6 heteroatoms. The van der Waals surface area contributed by atoms with E-state index < -0.39 is 17.3 Å². The van der Waals surface area contributed by atoms with Crippen LogP contribution in [0.2, 0.25) is 0 Å². The Bertz CT molecular complexity index is 609. The molecule has 92 valence electrons. The molecule has 0 aliphatic heterocycles. The second-order valence-electron chi connectivity index (χ2n) is 3.60. The van der Waals surface area contributed by atoms with Crippen molar-refractivity contribution in [3.8, 4) is 16.6 Å². The van der Waals surface area contributed by atoms with Gasteiger partial charge in [-0.05, 0) is 24.4 Å². The SMILES string of the molecule is Cc1nc(-c2cccs2)cc(C(F)(F)F)c1C#N. The number of halogens is 3. The largest absolute Gasteiger partial charge is 0.417 e. The average Bonchev–Trinajstić information content (AvgIpc) is 2.80. The van der Waals surface area contributed by atoms with Gasteiger partial charge in [0.15, 0.2) is 0 Å². The van der Waals surface area contributed by atoms with Gasteiger partial charge in [0.25, 0.3) is 0 Å². The maximum absolute atomic E-state index is 12.9. The van der Waals surface area contributed by atoms with Crippen molar-refractivity contribution in [2.45, 2.75) is 13.1 Å². The zero-order chi connectivity index (χ0) is 13.3. The first kappa shape index (κ1) is 12.6. The molecule has 2 aromatic heterocycles. The summed E-state index contributed by atoms with van der Waals surface area (Å²) < 4.78 is 38.6. The molecule has 0 aliphatic rings. The summed E-state index contributed by atoms with van der Waals surface area (Å²) in [6, 6.07) is 5.92. The van der Waals surface area contributed by atoms with E-state index in [0.717, 1.165) is 6.07 Å². The van der Waals surface area contributed by atoms with E-state index in [-0.39, 0.29) is 11.4 Å². The maximum atomic E-state index is 12.9. The van der Waals surface area contributed by atoms with Crippen LogP contribution in [0.4, 0.5) is 13.2 Å². The molecule has 0 amide bonds. The molecule has 2 rings (SSSR count). The zero-order valence-electron chi connectivity index (χ0n) is 9.25. The lowest BCUT2D eigenvalue weighted by Gasteiger charge is -2.11. The standard InChI is InChI=1S/C12H7F3N2S/c1-7-8(6-16)9(12(13,14)15)5-10(17-7)11-3-2-4-18-11/h2-5H,1H3. The van der Waals surface area contributed by atoms with Gasteiger partial charge < -0.3 is 0 Å². The molecule has 0 fully saturated rings. The zero-order valence-corrected chi connectivity index (χ0v) is 10.1. The summed E-state index contributed by atoms with van der Waals surface area (Å²) >= 11 is 1.30. The van der Waals surface area contributed by atoms with Crippen LogP contribution in [0.1, 0.15) is 16.8 Å². The molecular weight excluding hydrogens is 261 g/mol.